The van der Waals surface area contributed by atoms with Crippen LogP contribution in [-0.2, 0) is 10.8 Å². The van der Waals surface area contributed by atoms with E-state index in [0.717, 1.165) is 5.56 Å². The van der Waals surface area contributed by atoms with Crippen LogP contribution in [0, 0.1) is 0 Å². The molecule has 7 nitrogen and oxygen atoms in total. The van der Waals surface area contributed by atoms with E-state index in [1.807, 2.05) is 6.07 Å². The molecule has 1 aromatic rings. The molecule has 0 atom stereocenters. The van der Waals surface area contributed by atoms with Crippen LogP contribution in [0.15, 0.2) is 18.2 Å². The number of hydrogen-bond acceptors (Lipinski definition) is 7. The number of nitrogens with two attached hydrogens (primary N) is 1. The molecule has 0 aliphatic heterocycles. The first kappa shape index (κ1) is 25.2. The van der Waals surface area contributed by atoms with Gasteiger partial charge >= 0.3 is 8.60 Å². The van der Waals surface area contributed by atoms with E-state index in [1.165, 1.54) is 5.56 Å². The third kappa shape index (κ3) is 7.84. The Morgan fingerprint density at radius 3 is 1.62 bits per heavy atom. The topological polar surface area (TPSA) is 136 Å². The first-order chi connectivity index (χ1) is 11.7. The van der Waals surface area contributed by atoms with Crippen molar-refractivity contribution < 1.29 is 29.6 Å². The molecular formula is C18H34NO6P. The van der Waals surface area contributed by atoms with Gasteiger partial charge in [-0.15, -0.1) is 0 Å². The van der Waals surface area contributed by atoms with Gasteiger partial charge in [0.25, 0.3) is 0 Å². The molecule has 0 radical (unpaired) electrons. The van der Waals surface area contributed by atoms with Crippen LogP contribution < -0.4 is 10.3 Å². The quantitative estimate of drug-likeness (QED) is 0.419. The minimum atomic E-state index is -2.39. The number of aliphatic hydroxyl groups is 3. The van der Waals surface area contributed by atoms with Crippen molar-refractivity contribution in [3.8, 4) is 5.75 Å². The average Bonchev–Trinajstić information content (AvgIpc) is 2.52. The Balaban J connectivity index is 0.000000660. The molecule has 8 heteroatoms. The lowest BCUT2D eigenvalue weighted by atomic mass is 9.75. The smallest absolute Gasteiger partial charge is 0.391 e. The van der Waals surface area contributed by atoms with Crippen molar-refractivity contribution in [3.63, 3.8) is 0 Å². The first-order valence-electron chi connectivity index (χ1n) is 8.33. The molecule has 0 saturated heterocycles. The van der Waals surface area contributed by atoms with Gasteiger partial charge in [0, 0.05) is 5.56 Å². The van der Waals surface area contributed by atoms with E-state index in [9.17, 15) is 0 Å². The second kappa shape index (κ2) is 9.95. The van der Waals surface area contributed by atoms with Gasteiger partial charge in [0.2, 0.25) is 0 Å². The summed E-state index contributed by atoms with van der Waals surface area (Å²) in [5.74, 6) is 0.561. The van der Waals surface area contributed by atoms with Gasteiger partial charge in [0.05, 0.1) is 25.4 Å². The van der Waals surface area contributed by atoms with E-state index in [2.05, 4.69) is 47.6 Å². The lowest BCUT2D eigenvalue weighted by Crippen LogP contribution is -2.50. The van der Waals surface area contributed by atoms with Crippen LogP contribution in [0.4, 0.5) is 0 Å². The summed E-state index contributed by atoms with van der Waals surface area (Å²) in [6.07, 6.45) is 0. The van der Waals surface area contributed by atoms with E-state index in [0.29, 0.717) is 5.75 Å². The van der Waals surface area contributed by atoms with Crippen LogP contribution in [0.2, 0.25) is 0 Å². The van der Waals surface area contributed by atoms with Crippen molar-refractivity contribution >= 4 is 8.60 Å². The highest BCUT2D eigenvalue weighted by molar-refractivity contribution is 7.39. The van der Waals surface area contributed by atoms with Gasteiger partial charge in [-0.25, -0.2) is 0 Å². The van der Waals surface area contributed by atoms with Crippen molar-refractivity contribution in [2.75, 3.05) is 19.8 Å². The molecule has 0 aliphatic carbocycles. The number of hydrogen-bond donors (Lipinski definition) is 6. The first-order valence-corrected chi connectivity index (χ1v) is 9.49. The second-order valence-electron chi connectivity index (χ2n) is 8.36. The largest absolute Gasteiger partial charge is 0.427 e. The summed E-state index contributed by atoms with van der Waals surface area (Å²) in [6.45, 7) is 11.5. The zero-order chi connectivity index (χ0) is 20.8. The second-order valence-corrected chi connectivity index (χ2v) is 9.05. The molecule has 152 valence electrons. The lowest BCUT2D eigenvalue weighted by molar-refractivity contribution is 0.0697. The number of aliphatic hydroxyl groups excluding tert-OH is 3. The van der Waals surface area contributed by atoms with E-state index in [4.69, 9.17) is 35.4 Å². The van der Waals surface area contributed by atoms with Crippen molar-refractivity contribution in [1.29, 1.82) is 0 Å². The highest BCUT2D eigenvalue weighted by atomic mass is 31.2. The van der Waals surface area contributed by atoms with Gasteiger partial charge in [-0.2, -0.15) is 0 Å². The van der Waals surface area contributed by atoms with Crippen LogP contribution in [0.25, 0.3) is 0 Å². The predicted octanol–water partition coefficient (Wildman–Crippen LogP) is 1.53. The normalized spacial score (nSPS) is 12.7. The fourth-order valence-electron chi connectivity index (χ4n) is 2.24. The van der Waals surface area contributed by atoms with Gasteiger partial charge in [0.15, 0.2) is 0 Å². The SMILES string of the molecule is CC(C)(C)c1cccc(OP(O)O)c1C(C)(C)C.NC(CO)(CO)CO. The maximum Gasteiger partial charge on any atom is 0.391 e. The Labute approximate surface area is 157 Å². The Hall–Kier alpha value is -0.790. The summed E-state index contributed by atoms with van der Waals surface area (Å²) in [5, 5.41) is 25.0. The molecule has 0 spiro atoms. The third-order valence-corrected chi connectivity index (χ3v) is 4.07. The summed E-state index contributed by atoms with van der Waals surface area (Å²) >= 11 is 0. The molecule has 7 N–H and O–H groups in total. The minimum absolute atomic E-state index is 0.0182. The Bertz CT molecular complexity index is 539. The molecule has 0 amide bonds. The average molecular weight is 391 g/mol. The molecule has 0 bridgehead atoms. The summed E-state index contributed by atoms with van der Waals surface area (Å²) in [4.78, 5) is 18.2. The van der Waals surface area contributed by atoms with E-state index < -0.39 is 34.0 Å². The molecular weight excluding hydrogens is 357 g/mol. The lowest BCUT2D eigenvalue weighted by Gasteiger charge is -2.31. The third-order valence-electron chi connectivity index (χ3n) is 3.71. The van der Waals surface area contributed by atoms with Crippen LogP contribution in [0.5, 0.6) is 5.75 Å². The zero-order valence-electron chi connectivity index (χ0n) is 16.5. The van der Waals surface area contributed by atoms with E-state index in [1.54, 1.807) is 6.07 Å². The molecule has 0 heterocycles. The highest BCUT2D eigenvalue weighted by Gasteiger charge is 2.29. The highest BCUT2D eigenvalue weighted by Crippen LogP contribution is 2.42. The van der Waals surface area contributed by atoms with Gasteiger partial charge in [-0.3, -0.25) is 0 Å². The Morgan fingerprint density at radius 1 is 0.885 bits per heavy atom. The predicted molar refractivity (Wildman–Crippen MR) is 104 cm³/mol. The maximum atomic E-state index is 9.09. The van der Waals surface area contributed by atoms with Gasteiger partial charge in [-0.05, 0) is 22.5 Å². The monoisotopic (exact) mass is 391 g/mol. The summed E-state index contributed by atoms with van der Waals surface area (Å²) in [5.41, 5.74) is 6.00. The van der Waals surface area contributed by atoms with Crippen molar-refractivity contribution in [2.45, 2.75) is 57.9 Å². The molecule has 0 fully saturated rings. The summed E-state index contributed by atoms with van der Waals surface area (Å²) in [7, 11) is -2.39. The molecule has 0 saturated carbocycles. The van der Waals surface area contributed by atoms with E-state index in [-0.39, 0.29) is 10.8 Å². The summed E-state index contributed by atoms with van der Waals surface area (Å²) < 4.78 is 5.18. The molecule has 1 rings (SSSR count). The van der Waals surface area contributed by atoms with Crippen molar-refractivity contribution in [1.82, 2.24) is 0 Å². The Morgan fingerprint density at radius 2 is 1.35 bits per heavy atom. The number of rotatable bonds is 5. The fraction of sp³-hybridized carbons (Fsp3) is 0.667. The van der Waals surface area contributed by atoms with E-state index >= 15 is 0 Å². The molecule has 1 aromatic carbocycles. The van der Waals surface area contributed by atoms with Gasteiger partial charge in [0.1, 0.15) is 5.75 Å². The van der Waals surface area contributed by atoms with Crippen molar-refractivity contribution in [3.05, 3.63) is 29.3 Å². The summed E-state index contributed by atoms with van der Waals surface area (Å²) in [6, 6.07) is 5.76. The zero-order valence-corrected chi connectivity index (χ0v) is 17.4. The van der Waals surface area contributed by atoms with Crippen LogP contribution in [0.3, 0.4) is 0 Å². The Kier molecular flexibility index (Phi) is 9.64. The maximum absolute atomic E-state index is 9.09. The molecule has 0 aromatic heterocycles. The molecule has 0 unspecified atom stereocenters. The number of benzene rings is 1. The van der Waals surface area contributed by atoms with Crippen LogP contribution in [-0.4, -0.2) is 50.5 Å². The minimum Gasteiger partial charge on any atom is -0.427 e. The van der Waals surface area contributed by atoms with Crippen LogP contribution >= 0.6 is 8.60 Å². The van der Waals surface area contributed by atoms with Gasteiger partial charge in [-0.1, -0.05) is 53.7 Å². The molecule has 26 heavy (non-hydrogen) atoms. The van der Waals surface area contributed by atoms with Crippen LogP contribution in [0.1, 0.15) is 52.7 Å². The standard InChI is InChI=1S/C14H23O3P.C4H11NO3/c1-13(2,3)10-8-7-9-11(17-18(15)16)12(10)14(4,5)6;5-4(1-6,2-7)3-8/h7-9,15-16H,1-6H3;6-8H,1-3,5H2. The van der Waals surface area contributed by atoms with Gasteiger partial charge < -0.3 is 35.4 Å². The molecule has 0 aliphatic rings. The van der Waals surface area contributed by atoms with Crippen molar-refractivity contribution in [2.24, 2.45) is 5.73 Å². The fourth-order valence-corrected chi connectivity index (χ4v) is 2.57.